The van der Waals surface area contributed by atoms with Crippen LogP contribution in [-0.2, 0) is 17.8 Å². The summed E-state index contributed by atoms with van der Waals surface area (Å²) in [4.78, 5) is 35.0. The normalized spacial score (nSPS) is 15.4. The molecule has 0 fully saturated rings. The number of hydrogen-bond donors (Lipinski definition) is 2. The van der Waals surface area contributed by atoms with Gasteiger partial charge in [-0.25, -0.2) is 4.98 Å². The first-order chi connectivity index (χ1) is 14.1. The molecule has 0 bridgehead atoms. The van der Waals surface area contributed by atoms with Crippen molar-refractivity contribution in [2.24, 2.45) is 0 Å². The number of aryl methyl sites for hydroxylation is 1. The van der Waals surface area contributed by atoms with Gasteiger partial charge in [0.15, 0.2) is 5.13 Å². The van der Waals surface area contributed by atoms with Gasteiger partial charge in [0.1, 0.15) is 0 Å². The maximum Gasteiger partial charge on any atom is 0.257 e. The summed E-state index contributed by atoms with van der Waals surface area (Å²) >= 11 is 7.31. The van der Waals surface area contributed by atoms with E-state index in [1.165, 1.54) is 11.3 Å². The third-order valence-corrected chi connectivity index (χ3v) is 6.07. The minimum atomic E-state index is -0.306. The second-order valence-corrected chi connectivity index (χ2v) is 8.29. The van der Waals surface area contributed by atoms with Crippen LogP contribution in [0, 0.1) is 0 Å². The van der Waals surface area contributed by atoms with Crippen LogP contribution in [0.5, 0.6) is 0 Å². The first-order valence-corrected chi connectivity index (χ1v) is 10.5. The molecule has 1 aliphatic carbocycles. The summed E-state index contributed by atoms with van der Waals surface area (Å²) in [6.07, 6.45) is 4.24. The Morgan fingerprint density at radius 1 is 1.17 bits per heavy atom. The summed E-state index contributed by atoms with van der Waals surface area (Å²) in [6.45, 7) is 0.385. The molecular weight excluding hydrogens is 408 g/mol. The van der Waals surface area contributed by atoms with Gasteiger partial charge in [-0.05, 0) is 55.7 Å². The predicted octanol–water partition coefficient (Wildman–Crippen LogP) is 4.18. The first-order valence-electron chi connectivity index (χ1n) is 9.34. The second kappa shape index (κ2) is 8.71. The molecule has 148 valence electrons. The molecule has 1 aromatic carbocycles. The lowest BCUT2D eigenvalue weighted by Gasteiger charge is -2.20. The van der Waals surface area contributed by atoms with Crippen LogP contribution in [0.15, 0.2) is 48.7 Å². The SMILES string of the molecule is O=C(Nc1nc2c(s1)CCCC2C(=O)NCc1ccccn1)c1ccc(Cl)cc1. The zero-order chi connectivity index (χ0) is 20.2. The molecule has 8 heteroatoms. The van der Waals surface area contributed by atoms with Crippen molar-refractivity contribution in [3.05, 3.63) is 75.5 Å². The van der Waals surface area contributed by atoms with Crippen molar-refractivity contribution in [3.8, 4) is 0 Å². The Labute approximate surface area is 177 Å². The molecule has 4 rings (SSSR count). The number of aromatic nitrogens is 2. The maximum atomic E-state index is 12.7. The molecule has 2 N–H and O–H groups in total. The largest absolute Gasteiger partial charge is 0.350 e. The smallest absolute Gasteiger partial charge is 0.257 e. The number of thiazole rings is 1. The number of halogens is 1. The quantitative estimate of drug-likeness (QED) is 0.641. The molecule has 1 aliphatic rings. The van der Waals surface area contributed by atoms with E-state index < -0.39 is 0 Å². The molecule has 0 saturated carbocycles. The van der Waals surface area contributed by atoms with Gasteiger partial charge >= 0.3 is 0 Å². The van der Waals surface area contributed by atoms with Crippen LogP contribution in [0.1, 0.15) is 45.4 Å². The molecule has 3 aromatic rings. The van der Waals surface area contributed by atoms with Gasteiger partial charge in [-0.15, -0.1) is 11.3 Å². The van der Waals surface area contributed by atoms with E-state index in [-0.39, 0.29) is 17.7 Å². The standard InChI is InChI=1S/C21H19ClN4O2S/c22-14-9-7-13(8-10-14)19(27)26-21-25-18-16(5-3-6-17(18)29-21)20(28)24-12-15-4-1-2-11-23-15/h1-2,4,7-11,16H,3,5-6,12H2,(H,24,28)(H,25,26,27). The molecule has 0 spiro atoms. The molecule has 0 aliphatic heterocycles. The van der Waals surface area contributed by atoms with Crippen LogP contribution in [0.25, 0.3) is 0 Å². The average Bonchev–Trinajstić information content (AvgIpc) is 3.15. The Bertz CT molecular complexity index is 1020. The van der Waals surface area contributed by atoms with E-state index in [2.05, 4.69) is 20.6 Å². The van der Waals surface area contributed by atoms with Crippen molar-refractivity contribution in [2.75, 3.05) is 5.32 Å². The van der Waals surface area contributed by atoms with Crippen LogP contribution in [-0.4, -0.2) is 21.8 Å². The zero-order valence-electron chi connectivity index (χ0n) is 15.5. The Balaban J connectivity index is 1.45. The number of nitrogens with zero attached hydrogens (tertiary/aromatic N) is 2. The highest BCUT2D eigenvalue weighted by Crippen LogP contribution is 2.37. The highest BCUT2D eigenvalue weighted by atomic mass is 35.5. The van der Waals surface area contributed by atoms with E-state index in [0.29, 0.717) is 22.3 Å². The highest BCUT2D eigenvalue weighted by molar-refractivity contribution is 7.16. The number of carbonyl (C=O) groups is 2. The van der Waals surface area contributed by atoms with Gasteiger partial charge in [-0.3, -0.25) is 19.9 Å². The van der Waals surface area contributed by atoms with E-state index in [1.807, 2.05) is 18.2 Å². The summed E-state index contributed by atoms with van der Waals surface area (Å²) in [5.74, 6) is -0.610. The summed E-state index contributed by atoms with van der Waals surface area (Å²) < 4.78 is 0. The van der Waals surface area contributed by atoms with Gasteiger partial charge < -0.3 is 5.32 Å². The molecule has 6 nitrogen and oxygen atoms in total. The van der Waals surface area contributed by atoms with Crippen molar-refractivity contribution in [1.29, 1.82) is 0 Å². The monoisotopic (exact) mass is 426 g/mol. The summed E-state index contributed by atoms with van der Waals surface area (Å²) in [7, 11) is 0. The summed E-state index contributed by atoms with van der Waals surface area (Å²) in [5.41, 5.74) is 2.09. The van der Waals surface area contributed by atoms with E-state index >= 15 is 0 Å². The van der Waals surface area contributed by atoms with Crippen LogP contribution in [0.3, 0.4) is 0 Å². The maximum absolute atomic E-state index is 12.7. The molecule has 2 heterocycles. The molecular formula is C21H19ClN4O2S. The lowest BCUT2D eigenvalue weighted by molar-refractivity contribution is -0.123. The fourth-order valence-corrected chi connectivity index (χ4v) is 4.49. The van der Waals surface area contributed by atoms with E-state index in [0.717, 1.165) is 35.5 Å². The number of nitrogens with one attached hydrogen (secondary N) is 2. The molecule has 0 radical (unpaired) electrons. The molecule has 1 unspecified atom stereocenters. The van der Waals surface area contributed by atoms with Gasteiger partial charge in [0, 0.05) is 21.7 Å². The first kappa shape index (κ1) is 19.5. The Morgan fingerprint density at radius 2 is 2.00 bits per heavy atom. The highest BCUT2D eigenvalue weighted by Gasteiger charge is 2.30. The van der Waals surface area contributed by atoms with Crippen molar-refractivity contribution in [2.45, 2.75) is 31.7 Å². The minimum absolute atomic E-state index is 0.0579. The molecule has 0 saturated heterocycles. The topological polar surface area (TPSA) is 84.0 Å². The number of fused-ring (bicyclic) bond motifs is 1. The number of hydrogen-bond acceptors (Lipinski definition) is 5. The fourth-order valence-electron chi connectivity index (χ4n) is 3.30. The fraction of sp³-hybridized carbons (Fsp3) is 0.238. The van der Waals surface area contributed by atoms with Gasteiger partial charge in [0.25, 0.3) is 5.91 Å². The van der Waals surface area contributed by atoms with Crippen molar-refractivity contribution in [1.82, 2.24) is 15.3 Å². The van der Waals surface area contributed by atoms with Crippen molar-refractivity contribution in [3.63, 3.8) is 0 Å². The average molecular weight is 427 g/mol. The third kappa shape index (κ3) is 4.63. The number of pyridine rings is 1. The van der Waals surface area contributed by atoms with E-state index in [1.54, 1.807) is 30.5 Å². The predicted molar refractivity (Wildman–Crippen MR) is 113 cm³/mol. The number of anilines is 1. The Hall–Kier alpha value is -2.77. The molecule has 1 atom stereocenters. The summed E-state index contributed by atoms with van der Waals surface area (Å²) in [6, 6.07) is 12.3. The minimum Gasteiger partial charge on any atom is -0.350 e. The molecule has 2 aromatic heterocycles. The number of benzene rings is 1. The van der Waals surface area contributed by atoms with Crippen LogP contribution >= 0.6 is 22.9 Å². The lowest BCUT2D eigenvalue weighted by atomic mass is 9.90. The molecule has 2 amide bonds. The van der Waals surface area contributed by atoms with Crippen LogP contribution < -0.4 is 10.6 Å². The van der Waals surface area contributed by atoms with E-state index in [4.69, 9.17) is 11.6 Å². The molecule has 29 heavy (non-hydrogen) atoms. The number of carbonyl (C=O) groups excluding carboxylic acids is 2. The van der Waals surface area contributed by atoms with Gasteiger partial charge in [-0.1, -0.05) is 17.7 Å². The zero-order valence-corrected chi connectivity index (χ0v) is 17.1. The third-order valence-electron chi connectivity index (χ3n) is 4.77. The van der Waals surface area contributed by atoms with Crippen LogP contribution in [0.2, 0.25) is 5.02 Å². The van der Waals surface area contributed by atoms with Crippen LogP contribution in [0.4, 0.5) is 5.13 Å². The lowest BCUT2D eigenvalue weighted by Crippen LogP contribution is -2.31. The summed E-state index contributed by atoms with van der Waals surface area (Å²) in [5, 5.41) is 6.88. The van der Waals surface area contributed by atoms with Crippen molar-refractivity contribution >= 4 is 39.9 Å². The Kier molecular flexibility index (Phi) is 5.87. The second-order valence-electron chi connectivity index (χ2n) is 6.77. The number of amides is 2. The van der Waals surface area contributed by atoms with Gasteiger partial charge in [0.2, 0.25) is 5.91 Å². The Morgan fingerprint density at radius 3 is 2.76 bits per heavy atom. The van der Waals surface area contributed by atoms with Gasteiger partial charge in [-0.2, -0.15) is 0 Å². The van der Waals surface area contributed by atoms with Crippen molar-refractivity contribution < 1.29 is 9.59 Å². The number of rotatable bonds is 5. The van der Waals surface area contributed by atoms with E-state index in [9.17, 15) is 9.59 Å². The van der Waals surface area contributed by atoms with Gasteiger partial charge in [0.05, 0.1) is 23.9 Å².